The van der Waals surface area contributed by atoms with Gasteiger partial charge in [0, 0.05) is 12.5 Å². The second kappa shape index (κ2) is 8.97. The van der Waals surface area contributed by atoms with Gasteiger partial charge in [-0.3, -0.25) is 0 Å². The molecule has 0 unspecified atom stereocenters. The molecule has 98 valence electrons. The summed E-state index contributed by atoms with van der Waals surface area (Å²) >= 11 is 0. The van der Waals surface area contributed by atoms with E-state index < -0.39 is 0 Å². The zero-order valence-corrected chi connectivity index (χ0v) is 11.4. The fraction of sp³-hybridized carbons (Fsp3) is 1.00. The maximum absolute atomic E-state index is 9.06. The van der Waals surface area contributed by atoms with Gasteiger partial charge in [-0.15, -0.1) is 0 Å². The third-order valence-electron chi connectivity index (χ3n) is 2.38. The van der Waals surface area contributed by atoms with Crippen LogP contribution in [0.3, 0.4) is 0 Å². The van der Waals surface area contributed by atoms with Crippen LogP contribution in [-0.2, 0) is 9.47 Å². The Hall–Kier alpha value is -0.120. The Morgan fingerprint density at radius 1 is 0.875 bits per heavy atom. The zero-order valence-electron chi connectivity index (χ0n) is 11.4. The first-order valence-corrected chi connectivity index (χ1v) is 6.29. The molecule has 16 heavy (non-hydrogen) atoms. The van der Waals surface area contributed by atoms with Crippen molar-refractivity contribution in [2.75, 3.05) is 19.8 Å². The maximum Gasteiger partial charge on any atom is 0.0519 e. The quantitative estimate of drug-likeness (QED) is 0.663. The van der Waals surface area contributed by atoms with Gasteiger partial charge >= 0.3 is 0 Å². The van der Waals surface area contributed by atoms with Crippen LogP contribution < -0.4 is 0 Å². The standard InChI is InChI=1S/C13H28O3/c1-10(2)15-8-13(6-12(5)7-14)9-16-11(3)4/h10-14H,6-9H2,1-5H3/t12-/m1/s1. The van der Waals surface area contributed by atoms with Crippen LogP contribution in [0.15, 0.2) is 0 Å². The molecule has 3 nitrogen and oxygen atoms in total. The lowest BCUT2D eigenvalue weighted by Crippen LogP contribution is -2.23. The zero-order chi connectivity index (χ0) is 12.6. The first kappa shape index (κ1) is 15.9. The van der Waals surface area contributed by atoms with Gasteiger partial charge in [0.2, 0.25) is 0 Å². The predicted octanol–water partition coefficient (Wildman–Crippen LogP) is 2.47. The Kier molecular flexibility index (Phi) is 8.90. The van der Waals surface area contributed by atoms with Gasteiger partial charge in [0.15, 0.2) is 0 Å². The van der Waals surface area contributed by atoms with Crippen LogP contribution in [-0.4, -0.2) is 37.1 Å². The van der Waals surface area contributed by atoms with Crippen molar-refractivity contribution >= 4 is 0 Å². The van der Waals surface area contributed by atoms with E-state index in [-0.39, 0.29) is 18.8 Å². The van der Waals surface area contributed by atoms with E-state index >= 15 is 0 Å². The fourth-order valence-electron chi connectivity index (χ4n) is 1.48. The summed E-state index contributed by atoms with van der Waals surface area (Å²) in [5, 5.41) is 9.06. The average molecular weight is 232 g/mol. The summed E-state index contributed by atoms with van der Waals surface area (Å²) < 4.78 is 11.2. The molecule has 0 amide bonds. The highest BCUT2D eigenvalue weighted by molar-refractivity contribution is 4.63. The molecule has 0 bridgehead atoms. The Bertz CT molecular complexity index is 145. The fourth-order valence-corrected chi connectivity index (χ4v) is 1.48. The van der Waals surface area contributed by atoms with Gasteiger partial charge in [-0.1, -0.05) is 6.92 Å². The van der Waals surface area contributed by atoms with Gasteiger partial charge in [-0.05, 0) is 40.0 Å². The van der Waals surface area contributed by atoms with Gasteiger partial charge in [-0.25, -0.2) is 0 Å². The molecule has 0 aliphatic rings. The molecule has 0 aromatic carbocycles. The molecule has 0 aromatic heterocycles. The molecule has 0 radical (unpaired) electrons. The van der Waals surface area contributed by atoms with Crippen LogP contribution >= 0.6 is 0 Å². The Labute approximate surface area is 100 Å². The molecule has 3 heteroatoms. The number of ether oxygens (including phenoxy) is 2. The van der Waals surface area contributed by atoms with E-state index in [9.17, 15) is 0 Å². The summed E-state index contributed by atoms with van der Waals surface area (Å²) in [5.74, 6) is 0.698. The van der Waals surface area contributed by atoms with Crippen molar-refractivity contribution in [3.05, 3.63) is 0 Å². The van der Waals surface area contributed by atoms with Crippen molar-refractivity contribution in [1.82, 2.24) is 0 Å². The van der Waals surface area contributed by atoms with Crippen LogP contribution in [0, 0.1) is 11.8 Å². The molecule has 0 saturated carbocycles. The monoisotopic (exact) mass is 232 g/mol. The van der Waals surface area contributed by atoms with Gasteiger partial charge in [0.1, 0.15) is 0 Å². The number of aliphatic hydroxyl groups is 1. The smallest absolute Gasteiger partial charge is 0.0519 e. The second-order valence-corrected chi connectivity index (χ2v) is 5.15. The number of aliphatic hydroxyl groups excluding tert-OH is 1. The Balaban J connectivity index is 3.94. The second-order valence-electron chi connectivity index (χ2n) is 5.15. The van der Waals surface area contributed by atoms with E-state index in [1.54, 1.807) is 0 Å². The van der Waals surface area contributed by atoms with Gasteiger partial charge in [0.05, 0.1) is 25.4 Å². The van der Waals surface area contributed by atoms with Gasteiger partial charge in [-0.2, -0.15) is 0 Å². The maximum atomic E-state index is 9.06. The van der Waals surface area contributed by atoms with E-state index in [4.69, 9.17) is 14.6 Å². The summed E-state index contributed by atoms with van der Waals surface area (Å²) in [6, 6.07) is 0. The van der Waals surface area contributed by atoms with Crippen molar-refractivity contribution in [2.45, 2.75) is 53.2 Å². The van der Waals surface area contributed by atoms with Crippen molar-refractivity contribution in [3.8, 4) is 0 Å². The lowest BCUT2D eigenvalue weighted by molar-refractivity contribution is -0.0119. The van der Waals surface area contributed by atoms with E-state index in [2.05, 4.69) is 6.92 Å². The number of rotatable bonds is 9. The summed E-state index contributed by atoms with van der Waals surface area (Å²) in [6.45, 7) is 11.9. The lowest BCUT2D eigenvalue weighted by atomic mass is 9.97. The summed E-state index contributed by atoms with van der Waals surface area (Å²) in [5.41, 5.74) is 0. The number of hydrogen-bond donors (Lipinski definition) is 1. The highest BCUT2D eigenvalue weighted by Crippen LogP contribution is 2.14. The Morgan fingerprint density at radius 2 is 1.31 bits per heavy atom. The molecule has 0 saturated heterocycles. The van der Waals surface area contributed by atoms with Crippen molar-refractivity contribution < 1.29 is 14.6 Å². The van der Waals surface area contributed by atoms with Crippen LogP contribution in [0.5, 0.6) is 0 Å². The minimum absolute atomic E-state index is 0.236. The topological polar surface area (TPSA) is 38.7 Å². The van der Waals surface area contributed by atoms with Crippen molar-refractivity contribution in [2.24, 2.45) is 11.8 Å². The normalized spacial score (nSPS) is 14.1. The van der Waals surface area contributed by atoms with E-state index in [0.717, 1.165) is 6.42 Å². The highest BCUT2D eigenvalue weighted by atomic mass is 16.5. The van der Waals surface area contributed by atoms with Crippen LogP contribution in [0.25, 0.3) is 0 Å². The molecule has 0 fully saturated rings. The summed E-state index contributed by atoms with van der Waals surface area (Å²) in [7, 11) is 0. The third-order valence-corrected chi connectivity index (χ3v) is 2.38. The SMILES string of the molecule is CC(C)OCC(COC(C)C)C[C@@H](C)CO. The van der Waals surface area contributed by atoms with Crippen LogP contribution in [0.1, 0.15) is 41.0 Å². The van der Waals surface area contributed by atoms with Crippen molar-refractivity contribution in [3.63, 3.8) is 0 Å². The summed E-state index contributed by atoms with van der Waals surface area (Å²) in [4.78, 5) is 0. The molecular weight excluding hydrogens is 204 g/mol. The first-order chi connectivity index (χ1) is 7.45. The van der Waals surface area contributed by atoms with E-state index in [1.807, 2.05) is 27.7 Å². The van der Waals surface area contributed by atoms with E-state index in [0.29, 0.717) is 25.0 Å². The molecular formula is C13H28O3. The Morgan fingerprint density at radius 3 is 1.62 bits per heavy atom. The molecule has 0 aliphatic heterocycles. The lowest BCUT2D eigenvalue weighted by Gasteiger charge is -2.22. The van der Waals surface area contributed by atoms with Gasteiger partial charge < -0.3 is 14.6 Å². The number of hydrogen-bond acceptors (Lipinski definition) is 3. The van der Waals surface area contributed by atoms with Gasteiger partial charge in [0.25, 0.3) is 0 Å². The minimum Gasteiger partial charge on any atom is -0.396 e. The molecule has 1 N–H and O–H groups in total. The first-order valence-electron chi connectivity index (χ1n) is 6.29. The molecule has 0 heterocycles. The van der Waals surface area contributed by atoms with E-state index in [1.165, 1.54) is 0 Å². The molecule has 1 atom stereocenters. The molecule has 0 spiro atoms. The molecule has 0 aliphatic carbocycles. The largest absolute Gasteiger partial charge is 0.396 e. The average Bonchev–Trinajstić information content (AvgIpc) is 2.21. The van der Waals surface area contributed by atoms with Crippen molar-refractivity contribution in [1.29, 1.82) is 0 Å². The highest BCUT2D eigenvalue weighted by Gasteiger charge is 2.15. The molecule has 0 rings (SSSR count). The summed E-state index contributed by atoms with van der Waals surface area (Å²) in [6.07, 6.45) is 1.47. The third kappa shape index (κ3) is 9.13. The minimum atomic E-state index is 0.236. The predicted molar refractivity (Wildman–Crippen MR) is 66.5 cm³/mol. The van der Waals surface area contributed by atoms with Crippen LogP contribution in [0.2, 0.25) is 0 Å². The van der Waals surface area contributed by atoms with Crippen LogP contribution in [0.4, 0.5) is 0 Å². The molecule has 0 aromatic rings.